The number of rotatable bonds is 7. The van der Waals surface area contributed by atoms with Crippen LogP contribution in [-0.2, 0) is 16.6 Å². The van der Waals surface area contributed by atoms with E-state index in [0.29, 0.717) is 0 Å². The van der Waals surface area contributed by atoms with E-state index in [1.807, 2.05) is 6.07 Å². The Bertz CT molecular complexity index is 1170. The predicted octanol–water partition coefficient (Wildman–Crippen LogP) is 4.22. The number of halogens is 2. The lowest BCUT2D eigenvalue weighted by molar-refractivity contribution is 0.102. The number of carbonyl (C=O) groups excluding carboxylic acids is 1. The number of amides is 1. The summed E-state index contributed by atoms with van der Waals surface area (Å²) in [7, 11) is -2.63. The van der Waals surface area contributed by atoms with E-state index in [9.17, 15) is 17.6 Å². The lowest BCUT2D eigenvalue weighted by Gasteiger charge is -2.12. The first-order valence-electron chi connectivity index (χ1n) is 8.78. The maximum Gasteiger partial charge on any atom is 0.255 e. The highest BCUT2D eigenvalue weighted by atomic mass is 35.5. The maximum absolute atomic E-state index is 13.3. The van der Waals surface area contributed by atoms with Crippen molar-refractivity contribution >= 4 is 33.2 Å². The zero-order valence-electron chi connectivity index (χ0n) is 15.9. The van der Waals surface area contributed by atoms with Crippen molar-refractivity contribution in [3.05, 3.63) is 88.7 Å². The number of anilines is 1. The second-order valence-electron chi connectivity index (χ2n) is 6.25. The highest BCUT2D eigenvalue weighted by Gasteiger charge is 2.20. The van der Waals surface area contributed by atoms with E-state index in [1.165, 1.54) is 37.4 Å². The minimum atomic E-state index is -3.97. The van der Waals surface area contributed by atoms with Crippen molar-refractivity contribution in [3.8, 4) is 5.75 Å². The average molecular weight is 449 g/mol. The Kier molecular flexibility index (Phi) is 6.71. The summed E-state index contributed by atoms with van der Waals surface area (Å²) >= 11 is 6.08. The Morgan fingerprint density at radius 1 is 1.07 bits per heavy atom. The van der Waals surface area contributed by atoms with Crippen LogP contribution in [0.5, 0.6) is 5.75 Å². The third kappa shape index (κ3) is 5.15. The van der Waals surface area contributed by atoms with Gasteiger partial charge in [0.1, 0.15) is 16.5 Å². The van der Waals surface area contributed by atoms with Gasteiger partial charge in [-0.1, -0.05) is 41.9 Å². The highest BCUT2D eigenvalue weighted by molar-refractivity contribution is 7.89. The lowest BCUT2D eigenvalue weighted by atomic mass is 10.2. The summed E-state index contributed by atoms with van der Waals surface area (Å²) < 4.78 is 46.3. The molecule has 0 bridgehead atoms. The van der Waals surface area contributed by atoms with Crippen LogP contribution in [0.2, 0.25) is 5.02 Å². The molecule has 3 rings (SSSR count). The summed E-state index contributed by atoms with van der Waals surface area (Å²) in [6.07, 6.45) is 0. The van der Waals surface area contributed by atoms with Gasteiger partial charge >= 0.3 is 0 Å². The molecule has 156 valence electrons. The maximum atomic E-state index is 13.3. The minimum Gasteiger partial charge on any atom is -0.494 e. The van der Waals surface area contributed by atoms with Gasteiger partial charge in [0.25, 0.3) is 5.91 Å². The van der Waals surface area contributed by atoms with E-state index in [-0.39, 0.29) is 33.5 Å². The van der Waals surface area contributed by atoms with Crippen LogP contribution in [0.1, 0.15) is 15.9 Å². The minimum absolute atomic E-state index is 0.0218. The molecule has 1 amide bonds. The average Bonchev–Trinajstić information content (AvgIpc) is 2.74. The predicted molar refractivity (Wildman–Crippen MR) is 113 cm³/mol. The van der Waals surface area contributed by atoms with E-state index in [0.717, 1.165) is 11.6 Å². The molecule has 3 aromatic rings. The normalized spacial score (nSPS) is 11.2. The molecule has 0 aliphatic rings. The van der Waals surface area contributed by atoms with Crippen molar-refractivity contribution in [1.29, 1.82) is 0 Å². The molecule has 0 spiro atoms. The Labute approximate surface area is 178 Å². The topological polar surface area (TPSA) is 84.5 Å². The Morgan fingerprint density at radius 2 is 1.80 bits per heavy atom. The molecule has 2 N–H and O–H groups in total. The molecule has 0 unspecified atom stereocenters. The number of hydrogen-bond acceptors (Lipinski definition) is 4. The monoisotopic (exact) mass is 448 g/mol. The zero-order valence-corrected chi connectivity index (χ0v) is 17.4. The summed E-state index contributed by atoms with van der Waals surface area (Å²) in [6, 6.07) is 16.5. The van der Waals surface area contributed by atoms with Gasteiger partial charge < -0.3 is 10.1 Å². The van der Waals surface area contributed by atoms with Crippen LogP contribution < -0.4 is 14.8 Å². The Hall–Kier alpha value is -2.94. The highest BCUT2D eigenvalue weighted by Crippen LogP contribution is 2.27. The molecule has 0 heterocycles. The number of ether oxygens (including phenoxy) is 1. The first kappa shape index (κ1) is 21.8. The molecule has 0 aliphatic heterocycles. The third-order valence-electron chi connectivity index (χ3n) is 4.20. The van der Waals surface area contributed by atoms with Crippen LogP contribution in [0.15, 0.2) is 71.6 Å². The molecule has 0 aromatic heterocycles. The summed E-state index contributed by atoms with van der Waals surface area (Å²) in [5.41, 5.74) is 1.07. The van der Waals surface area contributed by atoms with Gasteiger partial charge in [0.05, 0.1) is 17.8 Å². The van der Waals surface area contributed by atoms with Crippen molar-refractivity contribution in [2.75, 3.05) is 12.4 Å². The molecule has 6 nitrogen and oxygen atoms in total. The molecule has 3 aromatic carbocycles. The van der Waals surface area contributed by atoms with E-state index in [4.69, 9.17) is 16.3 Å². The van der Waals surface area contributed by atoms with Crippen molar-refractivity contribution in [2.45, 2.75) is 11.4 Å². The van der Waals surface area contributed by atoms with Gasteiger partial charge in [-0.15, -0.1) is 0 Å². The van der Waals surface area contributed by atoms with Gasteiger partial charge in [-0.05, 0) is 35.9 Å². The van der Waals surface area contributed by atoms with Crippen LogP contribution in [0.4, 0.5) is 10.1 Å². The van der Waals surface area contributed by atoms with Gasteiger partial charge in [-0.3, -0.25) is 4.79 Å². The molecule has 0 radical (unpaired) electrons. The van der Waals surface area contributed by atoms with Crippen molar-refractivity contribution in [1.82, 2.24) is 4.72 Å². The fraction of sp³-hybridized carbons (Fsp3) is 0.0952. The van der Waals surface area contributed by atoms with E-state index in [1.54, 1.807) is 24.3 Å². The standard InChI is InChI=1S/C21H18ClFN2O4S/c1-29-19-12-16(23)8-10-18(19)25-21(26)15-7-9-17(22)20(11-15)30(27,28)24-13-14-5-3-2-4-6-14/h2-12,24H,13H2,1H3,(H,25,26). The molecule has 0 aliphatic carbocycles. The van der Waals surface area contributed by atoms with Gasteiger partial charge in [0, 0.05) is 18.2 Å². The summed E-state index contributed by atoms with van der Waals surface area (Å²) in [6.45, 7) is 0.0721. The molecule has 30 heavy (non-hydrogen) atoms. The van der Waals surface area contributed by atoms with Crippen LogP contribution in [0.3, 0.4) is 0 Å². The van der Waals surface area contributed by atoms with E-state index >= 15 is 0 Å². The van der Waals surface area contributed by atoms with E-state index in [2.05, 4.69) is 10.0 Å². The smallest absolute Gasteiger partial charge is 0.255 e. The van der Waals surface area contributed by atoms with Crippen LogP contribution in [-0.4, -0.2) is 21.4 Å². The fourth-order valence-corrected chi connectivity index (χ4v) is 4.21. The fourth-order valence-electron chi connectivity index (χ4n) is 2.67. The molecule has 0 atom stereocenters. The molecular formula is C21H18ClFN2O4S. The number of sulfonamides is 1. The van der Waals surface area contributed by atoms with Crippen molar-refractivity contribution < 1.29 is 22.3 Å². The number of carbonyl (C=O) groups is 1. The molecule has 0 fully saturated rings. The Balaban J connectivity index is 1.83. The number of benzene rings is 3. The largest absolute Gasteiger partial charge is 0.494 e. The summed E-state index contributed by atoms with van der Waals surface area (Å²) in [5.74, 6) is -0.986. The first-order chi connectivity index (χ1) is 14.3. The number of methoxy groups -OCH3 is 1. The Morgan fingerprint density at radius 3 is 2.50 bits per heavy atom. The molecule has 0 saturated heterocycles. The van der Waals surface area contributed by atoms with Gasteiger partial charge in [0.15, 0.2) is 0 Å². The van der Waals surface area contributed by atoms with Crippen molar-refractivity contribution in [3.63, 3.8) is 0 Å². The van der Waals surface area contributed by atoms with Crippen LogP contribution in [0, 0.1) is 5.82 Å². The third-order valence-corrected chi connectivity index (χ3v) is 6.09. The summed E-state index contributed by atoms with van der Waals surface area (Å²) in [4.78, 5) is 12.4. The SMILES string of the molecule is COc1cc(F)ccc1NC(=O)c1ccc(Cl)c(S(=O)(=O)NCc2ccccc2)c1. The van der Waals surface area contributed by atoms with Gasteiger partial charge in [0.2, 0.25) is 10.0 Å². The second-order valence-corrected chi connectivity index (χ2v) is 8.40. The van der Waals surface area contributed by atoms with Crippen LogP contribution >= 0.6 is 11.6 Å². The van der Waals surface area contributed by atoms with Gasteiger partial charge in [-0.2, -0.15) is 0 Å². The van der Waals surface area contributed by atoms with Crippen LogP contribution in [0.25, 0.3) is 0 Å². The quantitative estimate of drug-likeness (QED) is 0.566. The molecule has 9 heteroatoms. The summed E-state index contributed by atoms with van der Waals surface area (Å²) in [5, 5.41) is 2.55. The van der Waals surface area contributed by atoms with Crippen molar-refractivity contribution in [2.24, 2.45) is 0 Å². The van der Waals surface area contributed by atoms with Gasteiger partial charge in [-0.25, -0.2) is 17.5 Å². The number of hydrogen-bond donors (Lipinski definition) is 2. The second kappa shape index (κ2) is 9.25. The molecular weight excluding hydrogens is 431 g/mol. The molecule has 0 saturated carbocycles. The lowest BCUT2D eigenvalue weighted by Crippen LogP contribution is -2.24. The first-order valence-corrected chi connectivity index (χ1v) is 10.6. The number of nitrogens with one attached hydrogen (secondary N) is 2. The van der Waals surface area contributed by atoms with E-state index < -0.39 is 21.7 Å². The zero-order chi connectivity index (χ0) is 21.7.